The molecule has 200 valence electrons. The molecule has 1 rings (SSSR count). The summed E-state index contributed by atoms with van der Waals surface area (Å²) < 4.78 is 0. The molecule has 14 heteroatoms. The second-order valence-corrected chi connectivity index (χ2v) is 8.28. The molecule has 12 N–H and O–H groups in total. The molecule has 1 aromatic rings. The van der Waals surface area contributed by atoms with Crippen molar-refractivity contribution in [1.29, 1.82) is 0 Å². The monoisotopic (exact) mass is 509 g/mol. The van der Waals surface area contributed by atoms with E-state index in [0.717, 1.165) is 0 Å². The van der Waals surface area contributed by atoms with Crippen LogP contribution in [0.1, 0.15) is 32.3 Å². The molecule has 5 unspecified atom stereocenters. The number of aliphatic carboxylic acids is 1. The van der Waals surface area contributed by atoms with Gasteiger partial charge in [0.1, 0.15) is 29.9 Å². The van der Waals surface area contributed by atoms with Gasteiger partial charge in [-0.2, -0.15) is 0 Å². The molecule has 5 atom stereocenters. The molecule has 0 saturated heterocycles. The van der Waals surface area contributed by atoms with Crippen molar-refractivity contribution < 1.29 is 34.5 Å². The molecule has 0 heterocycles. The summed E-state index contributed by atoms with van der Waals surface area (Å²) in [6, 6.07) is 1.01. The number of carbonyl (C=O) groups excluding carboxylic acids is 3. The predicted molar refractivity (Wildman–Crippen MR) is 130 cm³/mol. The number of aliphatic imine (C=N–C) groups is 1. The number of nitrogens with zero attached hydrogens (tertiary/aromatic N) is 1. The van der Waals surface area contributed by atoms with Gasteiger partial charge in [-0.1, -0.05) is 12.1 Å². The number of carbonyl (C=O) groups is 4. The Kier molecular flexibility index (Phi) is 12.1. The van der Waals surface area contributed by atoms with Crippen LogP contribution in [0.3, 0.4) is 0 Å². The van der Waals surface area contributed by atoms with Gasteiger partial charge in [-0.3, -0.25) is 19.4 Å². The fourth-order valence-electron chi connectivity index (χ4n) is 3.00. The lowest BCUT2D eigenvalue weighted by atomic mass is 10.0. The maximum absolute atomic E-state index is 13.0. The lowest BCUT2D eigenvalue weighted by Gasteiger charge is -2.24. The summed E-state index contributed by atoms with van der Waals surface area (Å²) in [5.41, 5.74) is 16.6. The number of benzene rings is 1. The van der Waals surface area contributed by atoms with E-state index >= 15 is 0 Å². The van der Waals surface area contributed by atoms with Crippen molar-refractivity contribution in [2.45, 2.75) is 63.4 Å². The van der Waals surface area contributed by atoms with Gasteiger partial charge in [-0.05, 0) is 44.4 Å². The SMILES string of the molecule is CC(NC(=O)C(N)C(C)O)C(=O)NC(Cc1ccc(O)cc1)C(=O)NC(CCCN=C(N)N)C(=O)O. The molecule has 0 fully saturated rings. The Labute approximate surface area is 208 Å². The second kappa shape index (κ2) is 14.5. The first-order chi connectivity index (χ1) is 16.8. The highest BCUT2D eigenvalue weighted by atomic mass is 16.4. The van der Waals surface area contributed by atoms with Gasteiger partial charge in [-0.25, -0.2) is 4.79 Å². The minimum Gasteiger partial charge on any atom is -0.508 e. The van der Waals surface area contributed by atoms with Crippen molar-refractivity contribution in [3.8, 4) is 5.75 Å². The van der Waals surface area contributed by atoms with Crippen LogP contribution < -0.4 is 33.2 Å². The van der Waals surface area contributed by atoms with Crippen LogP contribution in [0.25, 0.3) is 0 Å². The molecule has 0 bridgehead atoms. The number of hydrogen-bond donors (Lipinski definition) is 9. The number of aromatic hydroxyl groups is 1. The van der Waals surface area contributed by atoms with Crippen LogP contribution in [0.5, 0.6) is 5.75 Å². The number of phenols is 1. The number of amides is 3. The van der Waals surface area contributed by atoms with Gasteiger partial charge in [0.25, 0.3) is 0 Å². The third-order valence-electron chi connectivity index (χ3n) is 5.14. The van der Waals surface area contributed by atoms with E-state index in [1.165, 1.54) is 26.0 Å². The van der Waals surface area contributed by atoms with Crippen LogP contribution in [0.15, 0.2) is 29.3 Å². The molecular formula is C22H35N7O7. The van der Waals surface area contributed by atoms with E-state index in [1.807, 2.05) is 0 Å². The van der Waals surface area contributed by atoms with Gasteiger partial charge < -0.3 is 48.5 Å². The Bertz CT molecular complexity index is 933. The van der Waals surface area contributed by atoms with E-state index < -0.39 is 54.0 Å². The normalized spacial score (nSPS) is 14.9. The van der Waals surface area contributed by atoms with Crippen LogP contribution in [0.2, 0.25) is 0 Å². The Morgan fingerprint density at radius 2 is 1.53 bits per heavy atom. The predicted octanol–water partition coefficient (Wildman–Crippen LogP) is -2.74. The van der Waals surface area contributed by atoms with Gasteiger partial charge >= 0.3 is 5.97 Å². The molecule has 0 aromatic heterocycles. The zero-order chi connectivity index (χ0) is 27.4. The molecule has 14 nitrogen and oxygen atoms in total. The highest BCUT2D eigenvalue weighted by molar-refractivity contribution is 5.94. The number of aliphatic hydroxyl groups is 1. The standard InChI is InChI=1S/C22H35N7O7/c1-11(27-20(34)17(23)12(2)30)18(32)29-16(10-13-5-7-14(31)8-6-13)19(33)28-15(21(35)36)4-3-9-26-22(24)25/h5-8,11-12,15-17,30-31H,3-4,9-10,23H2,1-2H3,(H,27,34)(H,28,33)(H,29,32)(H,35,36)(H4,24,25,26). The van der Waals surface area contributed by atoms with Crippen LogP contribution in [-0.4, -0.2) is 81.8 Å². The zero-order valence-corrected chi connectivity index (χ0v) is 20.2. The Hall–Kier alpha value is -3.91. The minimum atomic E-state index is -1.28. The van der Waals surface area contributed by atoms with Gasteiger partial charge in [0, 0.05) is 13.0 Å². The molecule has 0 aliphatic carbocycles. The van der Waals surface area contributed by atoms with Crippen LogP contribution >= 0.6 is 0 Å². The zero-order valence-electron chi connectivity index (χ0n) is 20.2. The van der Waals surface area contributed by atoms with E-state index in [-0.39, 0.29) is 37.5 Å². The number of aliphatic hydroxyl groups excluding tert-OH is 1. The maximum atomic E-state index is 13.0. The van der Waals surface area contributed by atoms with Gasteiger partial charge in [0.2, 0.25) is 17.7 Å². The van der Waals surface area contributed by atoms with Crippen molar-refractivity contribution in [2.24, 2.45) is 22.2 Å². The topological polar surface area (TPSA) is 255 Å². The minimum absolute atomic E-state index is 0.00119. The lowest BCUT2D eigenvalue weighted by Crippen LogP contribution is -2.57. The Morgan fingerprint density at radius 1 is 0.944 bits per heavy atom. The number of phenolic OH excluding ortho intramolecular Hbond substituents is 1. The van der Waals surface area contributed by atoms with Crippen molar-refractivity contribution in [3.63, 3.8) is 0 Å². The molecule has 36 heavy (non-hydrogen) atoms. The third kappa shape index (κ3) is 10.6. The van der Waals surface area contributed by atoms with E-state index in [0.29, 0.717) is 5.56 Å². The van der Waals surface area contributed by atoms with Crippen LogP contribution in [-0.2, 0) is 25.6 Å². The summed E-state index contributed by atoms with van der Waals surface area (Å²) in [7, 11) is 0. The molecule has 0 aliphatic heterocycles. The Morgan fingerprint density at radius 3 is 2.06 bits per heavy atom. The van der Waals surface area contributed by atoms with E-state index in [4.69, 9.17) is 17.2 Å². The van der Waals surface area contributed by atoms with Crippen LogP contribution in [0, 0.1) is 0 Å². The van der Waals surface area contributed by atoms with Gasteiger partial charge in [0.05, 0.1) is 6.10 Å². The van der Waals surface area contributed by atoms with Crippen molar-refractivity contribution in [2.75, 3.05) is 6.54 Å². The first kappa shape index (κ1) is 30.1. The smallest absolute Gasteiger partial charge is 0.326 e. The fourth-order valence-corrected chi connectivity index (χ4v) is 3.00. The summed E-state index contributed by atoms with van der Waals surface area (Å²) in [5, 5.41) is 35.7. The first-order valence-corrected chi connectivity index (χ1v) is 11.2. The number of nitrogens with two attached hydrogens (primary N) is 3. The first-order valence-electron chi connectivity index (χ1n) is 11.2. The maximum Gasteiger partial charge on any atom is 0.326 e. The summed E-state index contributed by atoms with van der Waals surface area (Å²) >= 11 is 0. The lowest BCUT2D eigenvalue weighted by molar-refractivity contribution is -0.142. The molecule has 1 aromatic carbocycles. The molecular weight excluding hydrogens is 474 g/mol. The van der Waals surface area contributed by atoms with E-state index in [1.54, 1.807) is 12.1 Å². The molecule has 0 radical (unpaired) electrons. The Balaban J connectivity index is 2.97. The van der Waals surface area contributed by atoms with Crippen molar-refractivity contribution in [1.82, 2.24) is 16.0 Å². The largest absolute Gasteiger partial charge is 0.508 e. The summed E-state index contributed by atoms with van der Waals surface area (Å²) in [6.07, 6.45) is -0.877. The summed E-state index contributed by atoms with van der Waals surface area (Å²) in [6.45, 7) is 2.85. The number of nitrogens with one attached hydrogen (secondary N) is 3. The van der Waals surface area contributed by atoms with Crippen molar-refractivity contribution >= 4 is 29.7 Å². The van der Waals surface area contributed by atoms with Crippen molar-refractivity contribution in [3.05, 3.63) is 29.8 Å². The second-order valence-electron chi connectivity index (χ2n) is 8.28. The van der Waals surface area contributed by atoms with E-state index in [9.17, 15) is 34.5 Å². The third-order valence-corrected chi connectivity index (χ3v) is 5.14. The molecule has 0 aliphatic rings. The molecule has 3 amide bonds. The average Bonchev–Trinajstić information content (AvgIpc) is 2.80. The summed E-state index contributed by atoms with van der Waals surface area (Å²) in [5.74, 6) is -3.70. The molecule has 0 saturated carbocycles. The quantitative estimate of drug-likeness (QED) is 0.0709. The number of guanidine groups is 1. The molecule has 0 spiro atoms. The number of rotatable bonds is 14. The number of carboxylic acid groups (broad SMARTS) is 1. The van der Waals surface area contributed by atoms with Gasteiger partial charge in [-0.15, -0.1) is 0 Å². The summed E-state index contributed by atoms with van der Waals surface area (Å²) in [4.78, 5) is 53.2. The van der Waals surface area contributed by atoms with Crippen LogP contribution in [0.4, 0.5) is 0 Å². The highest BCUT2D eigenvalue weighted by Gasteiger charge is 2.29. The highest BCUT2D eigenvalue weighted by Crippen LogP contribution is 2.12. The van der Waals surface area contributed by atoms with Gasteiger partial charge in [0.15, 0.2) is 5.96 Å². The fraction of sp³-hybridized carbons (Fsp3) is 0.500. The number of hydrogen-bond acceptors (Lipinski definition) is 8. The number of carboxylic acids is 1. The average molecular weight is 510 g/mol. The van der Waals surface area contributed by atoms with E-state index in [2.05, 4.69) is 20.9 Å².